The minimum Gasteiger partial charge on any atom is -0.494 e. The Labute approximate surface area is 159 Å². The third-order valence-corrected chi connectivity index (χ3v) is 3.44. The third kappa shape index (κ3) is 13.3. The molecule has 0 aliphatic heterocycles. The number of carbonyl (C=O) groups is 1. The normalized spacial score (nSPS) is 9.08. The summed E-state index contributed by atoms with van der Waals surface area (Å²) in [5.74, 6) is 1.72. The van der Waals surface area contributed by atoms with Crippen molar-refractivity contribution < 1.29 is 13.9 Å². The lowest BCUT2D eigenvalue weighted by Gasteiger charge is -2.07. The molecule has 26 heavy (non-hydrogen) atoms. The molecule has 0 bridgehead atoms. The van der Waals surface area contributed by atoms with Crippen LogP contribution in [0.15, 0.2) is 18.2 Å². The third-order valence-electron chi connectivity index (χ3n) is 3.44. The maximum absolute atomic E-state index is 13.3. The van der Waals surface area contributed by atoms with Crippen molar-refractivity contribution >= 4 is 5.91 Å². The van der Waals surface area contributed by atoms with Crippen molar-refractivity contribution in [3.8, 4) is 18.1 Å². The largest absolute Gasteiger partial charge is 0.494 e. The van der Waals surface area contributed by atoms with Gasteiger partial charge in [-0.2, -0.15) is 0 Å². The first kappa shape index (κ1) is 26.2. The van der Waals surface area contributed by atoms with Crippen molar-refractivity contribution in [2.75, 3.05) is 6.61 Å². The number of amides is 1. The topological polar surface area (TPSA) is 52.3 Å². The Balaban J connectivity index is 0. The van der Waals surface area contributed by atoms with Crippen molar-refractivity contribution in [1.29, 1.82) is 0 Å². The summed E-state index contributed by atoms with van der Waals surface area (Å²) in [7, 11) is 0. The highest BCUT2D eigenvalue weighted by molar-refractivity contribution is 5.93. The van der Waals surface area contributed by atoms with Gasteiger partial charge in [0.25, 0.3) is 5.91 Å². The first-order chi connectivity index (χ1) is 12.6. The number of benzene rings is 1. The molecule has 1 aromatic rings. The summed E-state index contributed by atoms with van der Waals surface area (Å²) >= 11 is 0. The summed E-state index contributed by atoms with van der Waals surface area (Å²) < 4.78 is 18.8. The fourth-order valence-corrected chi connectivity index (χ4v) is 2.19. The Hall–Kier alpha value is -2.02. The quantitative estimate of drug-likeness (QED) is 0.380. The fourth-order valence-electron chi connectivity index (χ4n) is 2.19. The number of hydrogen-bond acceptors (Lipinski definition) is 2. The molecule has 1 aromatic carbocycles. The highest BCUT2D eigenvalue weighted by Crippen LogP contribution is 2.17. The van der Waals surface area contributed by atoms with Crippen molar-refractivity contribution in [3.05, 3.63) is 29.6 Å². The average molecular weight is 366 g/mol. The molecule has 0 spiro atoms. The lowest BCUT2D eigenvalue weighted by atomic mass is 10.1. The van der Waals surface area contributed by atoms with Crippen LogP contribution in [0, 0.1) is 18.2 Å². The van der Waals surface area contributed by atoms with Crippen LogP contribution in [0.3, 0.4) is 0 Å². The number of rotatable bonds is 11. The van der Waals surface area contributed by atoms with Crippen LogP contribution in [0.5, 0.6) is 5.75 Å². The first-order valence-electron chi connectivity index (χ1n) is 9.80. The molecule has 0 saturated carbocycles. The molecular formula is C22H36FNO2. The SMILES string of the molecule is C#CCCCCCCCCCOc1ccc(F)c(C(N)=O)c1.CC.CC. The zero-order valence-corrected chi connectivity index (χ0v) is 16.9. The van der Waals surface area contributed by atoms with Gasteiger partial charge in [0.15, 0.2) is 0 Å². The predicted molar refractivity (Wildman–Crippen MR) is 109 cm³/mol. The van der Waals surface area contributed by atoms with E-state index in [0.29, 0.717) is 12.4 Å². The number of ether oxygens (including phenoxy) is 1. The zero-order chi connectivity index (χ0) is 20.2. The number of halogens is 1. The van der Waals surface area contributed by atoms with Gasteiger partial charge in [-0.15, -0.1) is 12.3 Å². The predicted octanol–water partition coefficient (Wildman–Crippen LogP) is 6.11. The van der Waals surface area contributed by atoms with E-state index >= 15 is 0 Å². The molecule has 3 nitrogen and oxygen atoms in total. The second kappa shape index (κ2) is 19.3. The van der Waals surface area contributed by atoms with E-state index in [-0.39, 0.29) is 5.56 Å². The van der Waals surface area contributed by atoms with E-state index in [1.54, 1.807) is 0 Å². The van der Waals surface area contributed by atoms with E-state index in [2.05, 4.69) is 5.92 Å². The molecule has 1 rings (SSSR count). The molecule has 2 N–H and O–H groups in total. The van der Waals surface area contributed by atoms with Gasteiger partial charge in [0.2, 0.25) is 0 Å². The van der Waals surface area contributed by atoms with Crippen LogP contribution >= 0.6 is 0 Å². The fraction of sp³-hybridized carbons (Fsp3) is 0.591. The zero-order valence-electron chi connectivity index (χ0n) is 16.9. The number of terminal acetylenes is 1. The van der Waals surface area contributed by atoms with Gasteiger partial charge in [-0.05, 0) is 31.0 Å². The molecule has 0 aromatic heterocycles. The maximum atomic E-state index is 13.3. The Kier molecular flexibility index (Phi) is 19.5. The van der Waals surface area contributed by atoms with Crippen molar-refractivity contribution in [2.45, 2.75) is 79.1 Å². The average Bonchev–Trinajstić information content (AvgIpc) is 2.67. The molecule has 0 aliphatic rings. The van der Waals surface area contributed by atoms with E-state index in [0.717, 1.165) is 25.7 Å². The minimum absolute atomic E-state index is 0.135. The first-order valence-corrected chi connectivity index (χ1v) is 9.80. The number of primary amides is 1. The van der Waals surface area contributed by atoms with Gasteiger partial charge >= 0.3 is 0 Å². The smallest absolute Gasteiger partial charge is 0.251 e. The van der Waals surface area contributed by atoms with Crippen LogP contribution in [0.4, 0.5) is 4.39 Å². The van der Waals surface area contributed by atoms with E-state index in [1.165, 1.54) is 43.9 Å². The lowest BCUT2D eigenvalue weighted by Crippen LogP contribution is -2.13. The standard InChI is InChI=1S/C18H24FNO2.2C2H6/c1-2-3-4-5-6-7-8-9-10-13-22-15-11-12-17(19)16(14-15)18(20)21;2*1-2/h1,11-12,14H,3-10,13H2,(H2,20,21);2*1-2H3. The number of nitrogens with two attached hydrogens (primary N) is 1. The highest BCUT2D eigenvalue weighted by Gasteiger charge is 2.09. The summed E-state index contributed by atoms with van der Waals surface area (Å²) in [6.07, 6.45) is 14.0. The summed E-state index contributed by atoms with van der Waals surface area (Å²) in [4.78, 5) is 11.0. The maximum Gasteiger partial charge on any atom is 0.251 e. The van der Waals surface area contributed by atoms with E-state index in [1.807, 2.05) is 27.7 Å². The Morgan fingerprint density at radius 1 is 1.04 bits per heavy atom. The van der Waals surface area contributed by atoms with Crippen molar-refractivity contribution in [2.24, 2.45) is 5.73 Å². The molecule has 148 valence electrons. The monoisotopic (exact) mass is 365 g/mol. The van der Waals surface area contributed by atoms with Crippen molar-refractivity contribution in [1.82, 2.24) is 0 Å². The van der Waals surface area contributed by atoms with Gasteiger partial charge in [0, 0.05) is 6.42 Å². The van der Waals surface area contributed by atoms with Crippen LogP contribution in [-0.4, -0.2) is 12.5 Å². The van der Waals surface area contributed by atoms with Crippen LogP contribution in [0.2, 0.25) is 0 Å². The molecule has 1 amide bonds. The molecular weight excluding hydrogens is 329 g/mol. The summed E-state index contributed by atoms with van der Waals surface area (Å²) in [6.45, 7) is 8.56. The van der Waals surface area contributed by atoms with Gasteiger partial charge in [0.1, 0.15) is 11.6 Å². The second-order valence-corrected chi connectivity index (χ2v) is 5.28. The van der Waals surface area contributed by atoms with E-state index in [9.17, 15) is 9.18 Å². The molecule has 0 atom stereocenters. The summed E-state index contributed by atoms with van der Waals surface area (Å²) in [5, 5.41) is 0. The molecule has 0 fully saturated rings. The Bertz CT molecular complexity index is 509. The Morgan fingerprint density at radius 2 is 1.58 bits per heavy atom. The molecule has 0 aliphatic carbocycles. The van der Waals surface area contributed by atoms with Gasteiger partial charge in [0.05, 0.1) is 12.2 Å². The molecule has 0 unspecified atom stereocenters. The van der Waals surface area contributed by atoms with Crippen LogP contribution in [0.25, 0.3) is 0 Å². The molecule has 0 heterocycles. The molecule has 0 saturated heterocycles. The van der Waals surface area contributed by atoms with Gasteiger partial charge in [-0.25, -0.2) is 4.39 Å². The lowest BCUT2D eigenvalue weighted by molar-refractivity contribution is 0.0996. The second-order valence-electron chi connectivity index (χ2n) is 5.28. The highest BCUT2D eigenvalue weighted by atomic mass is 19.1. The van der Waals surface area contributed by atoms with E-state index < -0.39 is 11.7 Å². The van der Waals surface area contributed by atoms with E-state index in [4.69, 9.17) is 16.9 Å². The van der Waals surface area contributed by atoms with Crippen LogP contribution in [-0.2, 0) is 0 Å². The number of hydrogen-bond donors (Lipinski definition) is 1. The molecule has 4 heteroatoms. The minimum atomic E-state index is -0.784. The van der Waals surface area contributed by atoms with Gasteiger partial charge in [-0.1, -0.05) is 59.8 Å². The van der Waals surface area contributed by atoms with Gasteiger partial charge in [-0.3, -0.25) is 4.79 Å². The van der Waals surface area contributed by atoms with Crippen LogP contribution < -0.4 is 10.5 Å². The Morgan fingerprint density at radius 3 is 2.12 bits per heavy atom. The van der Waals surface area contributed by atoms with Crippen molar-refractivity contribution in [3.63, 3.8) is 0 Å². The summed E-state index contributed by atoms with van der Waals surface area (Å²) in [5.41, 5.74) is 4.96. The van der Waals surface area contributed by atoms with Crippen LogP contribution in [0.1, 0.15) is 89.4 Å². The molecule has 0 radical (unpaired) electrons. The number of unbranched alkanes of at least 4 members (excludes halogenated alkanes) is 7. The summed E-state index contributed by atoms with van der Waals surface area (Å²) in [6, 6.07) is 4.06. The number of carbonyl (C=O) groups excluding carboxylic acids is 1. The van der Waals surface area contributed by atoms with Gasteiger partial charge < -0.3 is 10.5 Å².